The fourth-order valence-corrected chi connectivity index (χ4v) is 3.46. The zero-order valence-electron chi connectivity index (χ0n) is 13.4. The molecule has 0 bridgehead atoms. The minimum absolute atomic E-state index is 0.0888. The van der Waals surface area contributed by atoms with Crippen molar-refractivity contribution in [2.24, 2.45) is 0 Å². The summed E-state index contributed by atoms with van der Waals surface area (Å²) in [5.41, 5.74) is 0. The van der Waals surface area contributed by atoms with Crippen LogP contribution in [0.5, 0.6) is 5.88 Å². The van der Waals surface area contributed by atoms with E-state index in [4.69, 9.17) is 4.74 Å². The van der Waals surface area contributed by atoms with E-state index < -0.39 is 0 Å². The molecule has 0 aromatic carbocycles. The molecule has 24 heavy (non-hydrogen) atoms. The number of ether oxygens (including phenoxy) is 1. The van der Waals surface area contributed by atoms with E-state index >= 15 is 0 Å². The number of nitrogens with zero attached hydrogens (tertiary/aromatic N) is 2. The van der Waals surface area contributed by atoms with Gasteiger partial charge in [0.05, 0.1) is 5.75 Å². The topological polar surface area (TPSA) is 64.1 Å². The molecule has 0 atom stereocenters. The zero-order valence-corrected chi connectivity index (χ0v) is 14.2. The summed E-state index contributed by atoms with van der Waals surface area (Å²) in [6.07, 6.45) is 9.19. The first kappa shape index (κ1) is 16.8. The Morgan fingerprint density at radius 3 is 2.62 bits per heavy atom. The van der Waals surface area contributed by atoms with Crippen LogP contribution in [0.3, 0.4) is 0 Å². The molecule has 2 heterocycles. The quantitative estimate of drug-likeness (QED) is 0.817. The molecule has 0 aliphatic heterocycles. The summed E-state index contributed by atoms with van der Waals surface area (Å²) >= 11 is 1.53. The molecule has 1 saturated carbocycles. The van der Waals surface area contributed by atoms with Crippen LogP contribution in [0.15, 0.2) is 53.8 Å². The van der Waals surface area contributed by atoms with Gasteiger partial charge >= 0.3 is 0 Å². The molecule has 2 aromatic heterocycles. The predicted molar refractivity (Wildman–Crippen MR) is 94.0 cm³/mol. The Hall–Kier alpha value is -2.08. The maximum absolute atomic E-state index is 12.1. The summed E-state index contributed by atoms with van der Waals surface area (Å²) in [7, 11) is 0. The molecule has 0 saturated heterocycles. The van der Waals surface area contributed by atoms with Crippen molar-refractivity contribution in [2.75, 3.05) is 5.75 Å². The van der Waals surface area contributed by atoms with Crippen molar-refractivity contribution in [1.82, 2.24) is 15.3 Å². The van der Waals surface area contributed by atoms with Crippen molar-refractivity contribution in [3.05, 3.63) is 48.9 Å². The van der Waals surface area contributed by atoms with Gasteiger partial charge in [0.2, 0.25) is 11.8 Å². The third-order valence-corrected chi connectivity index (χ3v) is 5.00. The second-order valence-corrected chi connectivity index (χ2v) is 6.85. The summed E-state index contributed by atoms with van der Waals surface area (Å²) in [5.74, 6) is 1.21. The molecule has 3 rings (SSSR count). The van der Waals surface area contributed by atoms with Gasteiger partial charge in [-0.1, -0.05) is 6.07 Å². The molecule has 1 amide bonds. The number of rotatable bonds is 6. The van der Waals surface area contributed by atoms with Crippen LogP contribution in [-0.2, 0) is 4.79 Å². The zero-order chi connectivity index (χ0) is 16.6. The Morgan fingerprint density at radius 2 is 1.92 bits per heavy atom. The predicted octanol–water partition coefficient (Wildman–Crippen LogP) is 3.08. The van der Waals surface area contributed by atoms with Gasteiger partial charge in [-0.3, -0.25) is 9.78 Å². The van der Waals surface area contributed by atoms with Crippen molar-refractivity contribution in [3.8, 4) is 5.88 Å². The van der Waals surface area contributed by atoms with E-state index in [1.54, 1.807) is 18.6 Å². The van der Waals surface area contributed by atoms with Crippen molar-refractivity contribution in [2.45, 2.75) is 42.7 Å². The highest BCUT2D eigenvalue weighted by Crippen LogP contribution is 2.23. The van der Waals surface area contributed by atoms with Gasteiger partial charge in [0.25, 0.3) is 0 Å². The highest BCUT2D eigenvalue weighted by Gasteiger charge is 2.23. The first-order valence-electron chi connectivity index (χ1n) is 8.19. The lowest BCUT2D eigenvalue weighted by atomic mass is 9.93. The first-order chi connectivity index (χ1) is 11.8. The molecule has 6 heteroatoms. The lowest BCUT2D eigenvalue weighted by Gasteiger charge is -2.29. The first-order valence-corrected chi connectivity index (χ1v) is 9.18. The standard InChI is InChI=1S/C18H21N3O2S/c22-17(13-24-16-8-11-19-12-9-16)21-14-4-6-15(7-5-14)23-18-3-1-2-10-20-18/h1-3,8-12,14-15H,4-7,13H2,(H,21,22). The Balaban J connectivity index is 1.36. The molecule has 126 valence electrons. The van der Waals surface area contributed by atoms with Crippen LogP contribution in [-0.4, -0.2) is 33.8 Å². The highest BCUT2D eigenvalue weighted by molar-refractivity contribution is 8.00. The monoisotopic (exact) mass is 343 g/mol. The number of pyridine rings is 2. The average Bonchev–Trinajstić information content (AvgIpc) is 2.63. The van der Waals surface area contributed by atoms with Gasteiger partial charge in [-0.05, 0) is 43.9 Å². The molecule has 1 aliphatic carbocycles. The van der Waals surface area contributed by atoms with Gasteiger partial charge < -0.3 is 10.1 Å². The van der Waals surface area contributed by atoms with Crippen LogP contribution in [0.25, 0.3) is 0 Å². The molecule has 5 nitrogen and oxygen atoms in total. The summed E-state index contributed by atoms with van der Waals surface area (Å²) in [6, 6.07) is 9.76. The molecule has 0 unspecified atom stereocenters. The molecule has 0 spiro atoms. The van der Waals surface area contributed by atoms with E-state index in [1.165, 1.54) is 11.8 Å². The number of carbonyl (C=O) groups is 1. The number of amides is 1. The molecule has 1 fully saturated rings. The van der Waals surface area contributed by atoms with Crippen molar-refractivity contribution >= 4 is 17.7 Å². The van der Waals surface area contributed by atoms with E-state index in [0.717, 1.165) is 30.6 Å². The minimum Gasteiger partial charge on any atom is -0.474 e. The largest absolute Gasteiger partial charge is 0.474 e. The Labute approximate surface area is 146 Å². The van der Waals surface area contributed by atoms with Gasteiger partial charge in [-0.25, -0.2) is 4.98 Å². The molecule has 1 N–H and O–H groups in total. The van der Waals surface area contributed by atoms with Gasteiger partial charge in [0.15, 0.2) is 0 Å². The third kappa shape index (κ3) is 5.23. The maximum Gasteiger partial charge on any atom is 0.230 e. The number of nitrogens with one attached hydrogen (secondary N) is 1. The Morgan fingerprint density at radius 1 is 1.12 bits per heavy atom. The molecule has 1 aliphatic rings. The average molecular weight is 343 g/mol. The van der Waals surface area contributed by atoms with Crippen LogP contribution in [0.1, 0.15) is 25.7 Å². The second kappa shape index (κ2) is 8.68. The number of hydrogen-bond donors (Lipinski definition) is 1. The van der Waals surface area contributed by atoms with Crippen LogP contribution >= 0.6 is 11.8 Å². The van der Waals surface area contributed by atoms with Gasteiger partial charge in [0.1, 0.15) is 6.10 Å². The SMILES string of the molecule is O=C(CSc1ccncc1)NC1CCC(Oc2ccccn2)CC1. The normalized spacial score (nSPS) is 20.3. The van der Waals surface area contributed by atoms with Gasteiger partial charge in [-0.2, -0.15) is 0 Å². The molecular weight excluding hydrogens is 322 g/mol. The van der Waals surface area contributed by atoms with Crippen molar-refractivity contribution in [1.29, 1.82) is 0 Å². The van der Waals surface area contributed by atoms with Crippen LogP contribution in [0.4, 0.5) is 0 Å². The smallest absolute Gasteiger partial charge is 0.230 e. The van der Waals surface area contributed by atoms with E-state index in [1.807, 2.05) is 30.3 Å². The van der Waals surface area contributed by atoms with Crippen molar-refractivity contribution in [3.63, 3.8) is 0 Å². The van der Waals surface area contributed by atoms with Gasteiger partial charge in [-0.15, -0.1) is 11.8 Å². The van der Waals surface area contributed by atoms with E-state index in [0.29, 0.717) is 11.6 Å². The summed E-state index contributed by atoms with van der Waals surface area (Å²) in [5, 5.41) is 3.13. The lowest BCUT2D eigenvalue weighted by Crippen LogP contribution is -2.40. The second-order valence-electron chi connectivity index (χ2n) is 5.80. The highest BCUT2D eigenvalue weighted by atomic mass is 32.2. The lowest BCUT2D eigenvalue weighted by molar-refractivity contribution is -0.119. The van der Waals surface area contributed by atoms with Crippen LogP contribution < -0.4 is 10.1 Å². The number of thioether (sulfide) groups is 1. The molecule has 0 radical (unpaired) electrons. The van der Waals surface area contributed by atoms with E-state index in [2.05, 4.69) is 15.3 Å². The van der Waals surface area contributed by atoms with Crippen molar-refractivity contribution < 1.29 is 9.53 Å². The van der Waals surface area contributed by atoms with E-state index in [-0.39, 0.29) is 18.1 Å². The van der Waals surface area contributed by atoms with E-state index in [9.17, 15) is 4.79 Å². The summed E-state index contributed by atoms with van der Waals surface area (Å²) in [4.78, 5) is 21.3. The summed E-state index contributed by atoms with van der Waals surface area (Å²) < 4.78 is 5.88. The molecular formula is C18H21N3O2S. The maximum atomic E-state index is 12.1. The number of aromatic nitrogens is 2. The fraction of sp³-hybridized carbons (Fsp3) is 0.389. The summed E-state index contributed by atoms with van der Waals surface area (Å²) in [6.45, 7) is 0. The number of carbonyl (C=O) groups excluding carboxylic acids is 1. The third-order valence-electron chi connectivity index (χ3n) is 3.98. The fourth-order valence-electron chi connectivity index (χ4n) is 2.77. The molecule has 2 aromatic rings. The Bertz CT molecular complexity index is 631. The minimum atomic E-state index is 0.0888. The Kier molecular flexibility index (Phi) is 6.07. The number of hydrogen-bond acceptors (Lipinski definition) is 5. The van der Waals surface area contributed by atoms with Crippen LogP contribution in [0, 0.1) is 0 Å². The van der Waals surface area contributed by atoms with Gasteiger partial charge in [0, 0.05) is 35.6 Å². The van der Waals surface area contributed by atoms with Crippen LogP contribution in [0.2, 0.25) is 0 Å².